The lowest BCUT2D eigenvalue weighted by Gasteiger charge is -2.34. The summed E-state index contributed by atoms with van der Waals surface area (Å²) < 4.78 is 1.09. The van der Waals surface area contributed by atoms with Gasteiger partial charge in [0.2, 0.25) is 0 Å². The molecule has 0 unspecified atom stereocenters. The Kier molecular flexibility index (Phi) is 4.36. The Balaban J connectivity index is 1.57. The van der Waals surface area contributed by atoms with Crippen LogP contribution in [0.5, 0.6) is 0 Å². The molecule has 34 heavy (non-hydrogen) atoms. The van der Waals surface area contributed by atoms with Crippen LogP contribution >= 0.6 is 15.9 Å². The number of anilines is 3. The lowest BCUT2D eigenvalue weighted by atomic mass is 9.89. The van der Waals surface area contributed by atoms with Gasteiger partial charge in [-0.15, -0.1) is 0 Å². The van der Waals surface area contributed by atoms with E-state index >= 15 is 0 Å². The summed E-state index contributed by atoms with van der Waals surface area (Å²) in [7, 11) is 0. The van der Waals surface area contributed by atoms with Crippen molar-refractivity contribution < 1.29 is 0 Å². The zero-order chi connectivity index (χ0) is 22.6. The fourth-order valence-electron chi connectivity index (χ4n) is 5.29. The molecule has 2 heteroatoms. The van der Waals surface area contributed by atoms with Gasteiger partial charge in [-0.25, -0.2) is 0 Å². The van der Waals surface area contributed by atoms with Gasteiger partial charge in [-0.2, -0.15) is 0 Å². The normalized spacial score (nSPS) is 12.2. The van der Waals surface area contributed by atoms with E-state index in [0.29, 0.717) is 0 Å². The van der Waals surface area contributed by atoms with Crippen LogP contribution in [0.3, 0.4) is 0 Å². The Morgan fingerprint density at radius 1 is 0.471 bits per heavy atom. The smallest absolute Gasteiger partial charge is 0.0546 e. The molecular weight excluding hydrogens is 478 g/mol. The molecule has 0 aliphatic carbocycles. The van der Waals surface area contributed by atoms with Gasteiger partial charge in [-0.05, 0) is 57.8 Å². The van der Waals surface area contributed by atoms with E-state index < -0.39 is 0 Å². The van der Waals surface area contributed by atoms with Crippen LogP contribution in [0, 0.1) is 0 Å². The van der Waals surface area contributed by atoms with Crippen molar-refractivity contribution in [1.82, 2.24) is 0 Å². The lowest BCUT2D eigenvalue weighted by molar-refractivity contribution is 1.30. The molecule has 0 aromatic heterocycles. The number of halogens is 1. The number of rotatable bonds is 2. The van der Waals surface area contributed by atoms with E-state index in [2.05, 4.69) is 142 Å². The van der Waals surface area contributed by atoms with E-state index in [1.54, 1.807) is 0 Å². The molecule has 1 heterocycles. The summed E-state index contributed by atoms with van der Waals surface area (Å²) >= 11 is 3.57. The summed E-state index contributed by atoms with van der Waals surface area (Å²) in [6, 6.07) is 43.9. The van der Waals surface area contributed by atoms with Gasteiger partial charge in [0.15, 0.2) is 0 Å². The summed E-state index contributed by atoms with van der Waals surface area (Å²) in [6.45, 7) is 0. The highest BCUT2D eigenvalue weighted by Gasteiger charge is 2.27. The molecule has 1 aliphatic heterocycles. The predicted octanol–water partition coefficient (Wildman–Crippen LogP) is 9.87. The SMILES string of the molecule is Brc1ccc(-c2ccc3c(c2)N(c2cccc4ccccc24)c2cccc4cccc-3c24)cc1. The van der Waals surface area contributed by atoms with Gasteiger partial charge in [-0.1, -0.05) is 107 Å². The van der Waals surface area contributed by atoms with Crippen molar-refractivity contribution >= 4 is 54.5 Å². The maximum atomic E-state index is 3.57. The largest absolute Gasteiger partial charge is 0.309 e. The quantitative estimate of drug-likeness (QED) is 0.229. The van der Waals surface area contributed by atoms with Crippen LogP contribution in [-0.4, -0.2) is 0 Å². The first-order chi connectivity index (χ1) is 16.8. The predicted molar refractivity (Wildman–Crippen MR) is 148 cm³/mol. The van der Waals surface area contributed by atoms with Gasteiger partial charge in [0.25, 0.3) is 0 Å². The summed E-state index contributed by atoms with van der Waals surface area (Å²) in [6.07, 6.45) is 0. The minimum atomic E-state index is 1.09. The molecule has 0 atom stereocenters. The highest BCUT2D eigenvalue weighted by Crippen LogP contribution is 2.52. The second-order valence-corrected chi connectivity index (χ2v) is 9.67. The van der Waals surface area contributed by atoms with Crippen molar-refractivity contribution in [2.24, 2.45) is 0 Å². The summed E-state index contributed by atoms with van der Waals surface area (Å²) in [5.74, 6) is 0. The molecular formula is C32H20BrN. The highest BCUT2D eigenvalue weighted by molar-refractivity contribution is 9.10. The van der Waals surface area contributed by atoms with Gasteiger partial charge in [0.1, 0.15) is 0 Å². The van der Waals surface area contributed by atoms with Crippen molar-refractivity contribution in [2.45, 2.75) is 0 Å². The number of nitrogens with zero attached hydrogens (tertiary/aromatic N) is 1. The molecule has 0 spiro atoms. The summed E-state index contributed by atoms with van der Waals surface area (Å²) in [5.41, 5.74) is 8.62. The van der Waals surface area contributed by atoms with Crippen molar-refractivity contribution in [1.29, 1.82) is 0 Å². The van der Waals surface area contributed by atoms with Crippen LogP contribution in [0.25, 0.3) is 43.8 Å². The molecule has 0 saturated carbocycles. The Morgan fingerprint density at radius 3 is 2.00 bits per heavy atom. The molecule has 1 nitrogen and oxygen atoms in total. The first-order valence-electron chi connectivity index (χ1n) is 11.5. The van der Waals surface area contributed by atoms with E-state index in [0.717, 1.165) is 4.47 Å². The van der Waals surface area contributed by atoms with Crippen molar-refractivity contribution in [3.05, 3.63) is 126 Å². The minimum Gasteiger partial charge on any atom is -0.309 e. The minimum absolute atomic E-state index is 1.09. The fourth-order valence-corrected chi connectivity index (χ4v) is 5.56. The zero-order valence-electron chi connectivity index (χ0n) is 18.4. The number of hydrogen-bond acceptors (Lipinski definition) is 1. The van der Waals surface area contributed by atoms with Gasteiger partial charge in [0.05, 0.1) is 17.1 Å². The Labute approximate surface area is 207 Å². The van der Waals surface area contributed by atoms with Gasteiger partial charge in [-0.3, -0.25) is 0 Å². The molecule has 1 aliphatic rings. The second-order valence-electron chi connectivity index (χ2n) is 8.75. The van der Waals surface area contributed by atoms with Gasteiger partial charge in [0, 0.05) is 20.8 Å². The monoisotopic (exact) mass is 497 g/mol. The standard InChI is InChI=1S/C32H20BrN/c33-25-17-14-21(15-18-25)24-16-19-27-28-11-3-8-23-9-5-13-30(32(23)28)34(31(27)20-24)29-12-4-7-22-6-1-2-10-26(22)29/h1-20H. The van der Waals surface area contributed by atoms with Crippen LogP contribution in [0.2, 0.25) is 0 Å². The zero-order valence-corrected chi connectivity index (χ0v) is 20.0. The van der Waals surface area contributed by atoms with Crippen LogP contribution < -0.4 is 4.90 Å². The maximum absolute atomic E-state index is 3.57. The molecule has 0 saturated heterocycles. The topological polar surface area (TPSA) is 3.24 Å². The van der Waals surface area contributed by atoms with Crippen molar-refractivity contribution in [2.75, 3.05) is 4.90 Å². The first kappa shape index (κ1) is 19.6. The van der Waals surface area contributed by atoms with Crippen LogP contribution in [0.15, 0.2) is 126 Å². The van der Waals surface area contributed by atoms with E-state index in [9.17, 15) is 0 Å². The Hall–Kier alpha value is -3.88. The fraction of sp³-hybridized carbons (Fsp3) is 0. The van der Waals surface area contributed by atoms with E-state index in [1.807, 2.05) is 0 Å². The molecule has 6 aromatic carbocycles. The Morgan fingerprint density at radius 2 is 1.15 bits per heavy atom. The third-order valence-corrected chi connectivity index (χ3v) is 7.37. The average Bonchev–Trinajstić information content (AvgIpc) is 2.89. The number of fused-ring (bicyclic) bond motifs is 3. The average molecular weight is 498 g/mol. The molecule has 6 aromatic rings. The van der Waals surface area contributed by atoms with Gasteiger partial charge >= 0.3 is 0 Å². The third-order valence-electron chi connectivity index (χ3n) is 6.84. The molecule has 0 N–H and O–H groups in total. The maximum Gasteiger partial charge on any atom is 0.0546 e. The second kappa shape index (κ2) is 7.58. The molecule has 0 radical (unpaired) electrons. The van der Waals surface area contributed by atoms with E-state index in [1.165, 1.54) is 60.9 Å². The summed E-state index contributed by atoms with van der Waals surface area (Å²) in [4.78, 5) is 2.45. The number of hydrogen-bond donors (Lipinski definition) is 0. The third kappa shape index (κ3) is 2.92. The van der Waals surface area contributed by atoms with E-state index in [4.69, 9.17) is 0 Å². The molecule has 7 rings (SSSR count). The van der Waals surface area contributed by atoms with Crippen molar-refractivity contribution in [3.63, 3.8) is 0 Å². The molecule has 160 valence electrons. The van der Waals surface area contributed by atoms with E-state index in [-0.39, 0.29) is 0 Å². The van der Waals surface area contributed by atoms with Gasteiger partial charge < -0.3 is 4.90 Å². The summed E-state index contributed by atoms with van der Waals surface area (Å²) in [5, 5.41) is 5.07. The Bertz CT molecular complexity index is 1710. The molecule has 0 fully saturated rings. The van der Waals surface area contributed by atoms with Crippen molar-refractivity contribution in [3.8, 4) is 22.3 Å². The highest BCUT2D eigenvalue weighted by atomic mass is 79.9. The molecule has 0 bridgehead atoms. The lowest BCUT2D eigenvalue weighted by Crippen LogP contribution is -2.15. The number of benzene rings is 6. The first-order valence-corrected chi connectivity index (χ1v) is 12.3. The van der Waals surface area contributed by atoms with Crippen LogP contribution in [0.4, 0.5) is 17.1 Å². The van der Waals surface area contributed by atoms with Crippen LogP contribution in [-0.2, 0) is 0 Å². The van der Waals surface area contributed by atoms with Crippen LogP contribution in [0.1, 0.15) is 0 Å². The molecule has 0 amide bonds.